The van der Waals surface area contributed by atoms with Crippen LogP contribution in [0.15, 0.2) is 36.7 Å². The van der Waals surface area contributed by atoms with Crippen LogP contribution in [0.25, 0.3) is 0 Å². The molecule has 0 aliphatic carbocycles. The summed E-state index contributed by atoms with van der Waals surface area (Å²) >= 11 is 2.21. The molecule has 0 saturated carbocycles. The van der Waals surface area contributed by atoms with E-state index in [1.54, 1.807) is 6.20 Å². The first-order valence-corrected chi connectivity index (χ1v) is 5.71. The van der Waals surface area contributed by atoms with Crippen molar-refractivity contribution in [2.75, 3.05) is 5.32 Å². The molecule has 0 atom stereocenters. The number of benzene rings is 1. The van der Waals surface area contributed by atoms with Crippen molar-refractivity contribution in [3.8, 4) is 0 Å². The number of carbonyl (C=O) groups is 1. The quantitative estimate of drug-likeness (QED) is 0.869. The summed E-state index contributed by atoms with van der Waals surface area (Å²) in [6.45, 7) is 0.173. The Balaban J connectivity index is 1.95. The number of halogens is 1. The molecule has 1 amide bonds. The number of anilines is 1. The molecule has 1 aromatic heterocycles. The zero-order chi connectivity index (χ0) is 11.4. The highest BCUT2D eigenvalue weighted by molar-refractivity contribution is 14.1. The molecule has 6 heteroatoms. The minimum absolute atomic E-state index is 0.119. The summed E-state index contributed by atoms with van der Waals surface area (Å²) in [5.41, 5.74) is 0.783. The Labute approximate surface area is 106 Å². The second kappa shape index (κ2) is 5.06. The number of rotatable bonds is 3. The third-order valence-corrected chi connectivity index (χ3v) is 2.62. The van der Waals surface area contributed by atoms with Crippen molar-refractivity contribution in [2.24, 2.45) is 0 Å². The number of aromatic nitrogens is 3. The average molecular weight is 328 g/mol. The lowest BCUT2D eigenvalue weighted by molar-refractivity contribution is -0.116. The summed E-state index contributed by atoms with van der Waals surface area (Å²) in [6.07, 6.45) is 3.19. The number of hydrogen-bond acceptors (Lipinski definition) is 3. The van der Waals surface area contributed by atoms with Gasteiger partial charge in [-0.3, -0.25) is 4.79 Å². The molecule has 0 aliphatic rings. The SMILES string of the molecule is O=C(Cn1ccnn1)Nc1ccc(I)cc1. The van der Waals surface area contributed by atoms with E-state index in [0.29, 0.717) is 0 Å². The van der Waals surface area contributed by atoms with E-state index in [0.717, 1.165) is 9.26 Å². The van der Waals surface area contributed by atoms with Gasteiger partial charge in [-0.25, -0.2) is 4.68 Å². The predicted molar refractivity (Wildman–Crippen MR) is 67.8 cm³/mol. The largest absolute Gasteiger partial charge is 0.324 e. The zero-order valence-electron chi connectivity index (χ0n) is 8.30. The first-order valence-electron chi connectivity index (χ1n) is 4.63. The molecule has 0 radical (unpaired) electrons. The van der Waals surface area contributed by atoms with Crippen LogP contribution in [0.4, 0.5) is 5.69 Å². The van der Waals surface area contributed by atoms with Crippen molar-refractivity contribution in [2.45, 2.75) is 6.54 Å². The van der Waals surface area contributed by atoms with Crippen LogP contribution in [0, 0.1) is 3.57 Å². The van der Waals surface area contributed by atoms with Gasteiger partial charge in [0.05, 0.1) is 6.20 Å². The van der Waals surface area contributed by atoms with Gasteiger partial charge in [0, 0.05) is 15.5 Å². The van der Waals surface area contributed by atoms with Crippen molar-refractivity contribution in [3.63, 3.8) is 0 Å². The fraction of sp³-hybridized carbons (Fsp3) is 0.100. The van der Waals surface area contributed by atoms with Crippen molar-refractivity contribution in [1.82, 2.24) is 15.0 Å². The predicted octanol–water partition coefficient (Wildman–Crippen LogP) is 1.52. The second-order valence-corrected chi connectivity index (χ2v) is 4.40. The van der Waals surface area contributed by atoms with E-state index < -0.39 is 0 Å². The Hall–Kier alpha value is -1.44. The lowest BCUT2D eigenvalue weighted by Gasteiger charge is -2.04. The fourth-order valence-electron chi connectivity index (χ4n) is 1.20. The highest BCUT2D eigenvalue weighted by Crippen LogP contribution is 2.10. The molecule has 0 saturated heterocycles. The van der Waals surface area contributed by atoms with Gasteiger partial charge in [0.25, 0.3) is 0 Å². The molecule has 0 bridgehead atoms. The summed E-state index contributed by atoms with van der Waals surface area (Å²) in [6, 6.07) is 7.60. The Morgan fingerprint density at radius 3 is 2.75 bits per heavy atom. The smallest absolute Gasteiger partial charge is 0.246 e. The van der Waals surface area contributed by atoms with Gasteiger partial charge in [0.15, 0.2) is 0 Å². The minimum atomic E-state index is -0.119. The van der Waals surface area contributed by atoms with Crippen LogP contribution >= 0.6 is 22.6 Å². The maximum Gasteiger partial charge on any atom is 0.246 e. The van der Waals surface area contributed by atoms with E-state index in [9.17, 15) is 4.79 Å². The Kier molecular flexibility index (Phi) is 3.50. The monoisotopic (exact) mass is 328 g/mol. The first-order chi connectivity index (χ1) is 7.74. The van der Waals surface area contributed by atoms with Crippen molar-refractivity contribution in [1.29, 1.82) is 0 Å². The maximum absolute atomic E-state index is 11.6. The van der Waals surface area contributed by atoms with Gasteiger partial charge in [-0.05, 0) is 46.9 Å². The molecular formula is C10H9IN4O. The molecule has 2 rings (SSSR count). The lowest BCUT2D eigenvalue weighted by Crippen LogP contribution is -2.19. The van der Waals surface area contributed by atoms with Gasteiger partial charge >= 0.3 is 0 Å². The zero-order valence-corrected chi connectivity index (χ0v) is 10.5. The van der Waals surface area contributed by atoms with Crippen LogP contribution in [-0.2, 0) is 11.3 Å². The molecule has 16 heavy (non-hydrogen) atoms. The van der Waals surface area contributed by atoms with Gasteiger partial charge in [-0.1, -0.05) is 5.21 Å². The van der Waals surface area contributed by atoms with Crippen LogP contribution in [-0.4, -0.2) is 20.9 Å². The summed E-state index contributed by atoms with van der Waals surface area (Å²) in [4.78, 5) is 11.6. The van der Waals surface area contributed by atoms with Gasteiger partial charge in [-0.2, -0.15) is 0 Å². The number of amides is 1. The van der Waals surface area contributed by atoms with Gasteiger partial charge < -0.3 is 5.32 Å². The van der Waals surface area contributed by atoms with Gasteiger partial charge in [0.1, 0.15) is 6.54 Å². The summed E-state index contributed by atoms with van der Waals surface area (Å²) in [5.74, 6) is -0.119. The topological polar surface area (TPSA) is 59.8 Å². The third kappa shape index (κ3) is 3.02. The molecule has 82 valence electrons. The van der Waals surface area contributed by atoms with Crippen LogP contribution in [0.2, 0.25) is 0 Å². The molecule has 0 spiro atoms. The Morgan fingerprint density at radius 2 is 2.12 bits per heavy atom. The van der Waals surface area contributed by atoms with E-state index in [2.05, 4.69) is 38.2 Å². The molecule has 1 heterocycles. The van der Waals surface area contributed by atoms with Crippen LogP contribution in [0.1, 0.15) is 0 Å². The highest BCUT2D eigenvalue weighted by Gasteiger charge is 2.03. The van der Waals surface area contributed by atoms with Crippen molar-refractivity contribution in [3.05, 3.63) is 40.2 Å². The van der Waals surface area contributed by atoms with E-state index in [1.165, 1.54) is 10.9 Å². The normalized spacial score (nSPS) is 10.1. The van der Waals surface area contributed by atoms with Gasteiger partial charge in [0.2, 0.25) is 5.91 Å². The summed E-state index contributed by atoms with van der Waals surface area (Å²) in [7, 11) is 0. The molecule has 1 N–H and O–H groups in total. The van der Waals surface area contributed by atoms with E-state index in [-0.39, 0.29) is 12.5 Å². The van der Waals surface area contributed by atoms with Crippen molar-refractivity contribution >= 4 is 34.2 Å². The van der Waals surface area contributed by atoms with Gasteiger partial charge in [-0.15, -0.1) is 5.10 Å². The molecular weight excluding hydrogens is 319 g/mol. The third-order valence-electron chi connectivity index (χ3n) is 1.91. The number of hydrogen-bond donors (Lipinski definition) is 1. The fourth-order valence-corrected chi connectivity index (χ4v) is 1.56. The first kappa shape index (κ1) is 11.1. The Bertz CT molecular complexity index is 466. The number of nitrogens with zero attached hydrogens (tertiary/aromatic N) is 3. The molecule has 5 nitrogen and oxygen atoms in total. The van der Waals surface area contributed by atoms with E-state index in [1.807, 2.05) is 24.3 Å². The highest BCUT2D eigenvalue weighted by atomic mass is 127. The van der Waals surface area contributed by atoms with Crippen LogP contribution < -0.4 is 5.32 Å². The standard InChI is InChI=1S/C10H9IN4O/c11-8-1-3-9(4-2-8)13-10(16)7-15-6-5-12-14-15/h1-6H,7H2,(H,13,16). The molecule has 1 aromatic carbocycles. The Morgan fingerprint density at radius 1 is 1.38 bits per heavy atom. The number of nitrogens with one attached hydrogen (secondary N) is 1. The molecule has 0 aliphatic heterocycles. The van der Waals surface area contributed by atoms with Crippen LogP contribution in [0.5, 0.6) is 0 Å². The lowest BCUT2D eigenvalue weighted by atomic mass is 10.3. The molecule has 0 unspecified atom stereocenters. The molecule has 0 fully saturated rings. The average Bonchev–Trinajstić information content (AvgIpc) is 2.74. The van der Waals surface area contributed by atoms with E-state index in [4.69, 9.17) is 0 Å². The summed E-state index contributed by atoms with van der Waals surface area (Å²) in [5, 5.41) is 10.1. The van der Waals surface area contributed by atoms with Crippen LogP contribution in [0.3, 0.4) is 0 Å². The summed E-state index contributed by atoms with van der Waals surface area (Å²) < 4.78 is 2.61. The molecule has 2 aromatic rings. The minimum Gasteiger partial charge on any atom is -0.324 e. The maximum atomic E-state index is 11.6. The van der Waals surface area contributed by atoms with Crippen molar-refractivity contribution < 1.29 is 4.79 Å². The second-order valence-electron chi connectivity index (χ2n) is 3.16. The number of carbonyl (C=O) groups excluding carboxylic acids is 1. The van der Waals surface area contributed by atoms with E-state index >= 15 is 0 Å².